The van der Waals surface area contributed by atoms with Crippen molar-refractivity contribution in [2.75, 3.05) is 11.9 Å². The lowest BCUT2D eigenvalue weighted by molar-refractivity contribution is -0.197. The van der Waals surface area contributed by atoms with Crippen LogP contribution in [0.15, 0.2) is 18.2 Å². The van der Waals surface area contributed by atoms with Crippen molar-refractivity contribution in [1.82, 2.24) is 0 Å². The SMILES string of the molecule is O=C(O)COc1ccc(NC(=O)C2CCCCC2C(F)(F)F)cc1Cl. The molecule has 138 valence electrons. The molecule has 0 bridgehead atoms. The molecule has 2 rings (SSSR count). The maximum Gasteiger partial charge on any atom is 0.392 e. The Morgan fingerprint density at radius 2 is 1.96 bits per heavy atom. The number of carboxylic acid groups (broad SMARTS) is 1. The van der Waals surface area contributed by atoms with Crippen LogP contribution in [0.4, 0.5) is 18.9 Å². The molecule has 1 saturated carbocycles. The second kappa shape index (κ2) is 7.95. The minimum absolute atomic E-state index is 0.0510. The topological polar surface area (TPSA) is 75.6 Å². The first-order valence-corrected chi connectivity index (χ1v) is 8.08. The van der Waals surface area contributed by atoms with Gasteiger partial charge in [0, 0.05) is 11.6 Å². The number of halogens is 4. The van der Waals surface area contributed by atoms with Crippen LogP contribution in [0.2, 0.25) is 5.02 Å². The molecular weight excluding hydrogens is 363 g/mol. The van der Waals surface area contributed by atoms with Crippen molar-refractivity contribution in [1.29, 1.82) is 0 Å². The van der Waals surface area contributed by atoms with Gasteiger partial charge in [0.15, 0.2) is 6.61 Å². The highest BCUT2D eigenvalue weighted by Gasteiger charge is 2.48. The molecule has 1 aliphatic carbocycles. The number of carbonyl (C=O) groups is 2. The van der Waals surface area contributed by atoms with Gasteiger partial charge in [-0.2, -0.15) is 13.2 Å². The van der Waals surface area contributed by atoms with E-state index in [0.29, 0.717) is 12.8 Å². The van der Waals surface area contributed by atoms with Gasteiger partial charge in [-0.25, -0.2) is 4.79 Å². The molecule has 0 heterocycles. The third-order valence-electron chi connectivity index (χ3n) is 4.07. The van der Waals surface area contributed by atoms with Gasteiger partial charge >= 0.3 is 12.1 Å². The van der Waals surface area contributed by atoms with Gasteiger partial charge in [-0.1, -0.05) is 24.4 Å². The van der Waals surface area contributed by atoms with E-state index in [1.807, 2.05) is 0 Å². The summed E-state index contributed by atoms with van der Waals surface area (Å²) in [5.41, 5.74) is 0.226. The molecule has 2 atom stereocenters. The number of aliphatic carboxylic acids is 1. The summed E-state index contributed by atoms with van der Waals surface area (Å²) in [5.74, 6) is -4.54. The van der Waals surface area contributed by atoms with Crippen LogP contribution in [0.3, 0.4) is 0 Å². The third kappa shape index (κ3) is 5.26. The zero-order chi connectivity index (χ0) is 18.6. The summed E-state index contributed by atoms with van der Waals surface area (Å²) in [4.78, 5) is 22.7. The van der Waals surface area contributed by atoms with Gasteiger partial charge in [0.05, 0.1) is 10.9 Å². The molecule has 2 unspecified atom stereocenters. The summed E-state index contributed by atoms with van der Waals surface area (Å²) >= 11 is 5.93. The quantitative estimate of drug-likeness (QED) is 0.807. The molecule has 1 aromatic carbocycles. The highest BCUT2D eigenvalue weighted by atomic mass is 35.5. The summed E-state index contributed by atoms with van der Waals surface area (Å²) in [7, 11) is 0. The van der Waals surface area contributed by atoms with E-state index < -0.39 is 36.5 Å². The van der Waals surface area contributed by atoms with Gasteiger partial charge in [0.1, 0.15) is 5.75 Å². The maximum atomic E-state index is 13.1. The van der Waals surface area contributed by atoms with Gasteiger partial charge in [-0.15, -0.1) is 0 Å². The van der Waals surface area contributed by atoms with Crippen molar-refractivity contribution in [3.8, 4) is 5.75 Å². The fraction of sp³-hybridized carbons (Fsp3) is 0.500. The molecule has 1 amide bonds. The van der Waals surface area contributed by atoms with Crippen LogP contribution in [-0.2, 0) is 9.59 Å². The lowest BCUT2D eigenvalue weighted by Crippen LogP contribution is -2.39. The normalized spacial score (nSPS) is 20.8. The minimum atomic E-state index is -4.41. The molecule has 1 aromatic rings. The number of anilines is 1. The number of amides is 1. The van der Waals surface area contributed by atoms with Gasteiger partial charge in [0.25, 0.3) is 0 Å². The Morgan fingerprint density at radius 3 is 2.56 bits per heavy atom. The number of rotatable bonds is 5. The predicted molar refractivity (Wildman–Crippen MR) is 84.7 cm³/mol. The Hall–Kier alpha value is -1.96. The van der Waals surface area contributed by atoms with Crippen molar-refractivity contribution < 1.29 is 32.6 Å². The van der Waals surface area contributed by atoms with Gasteiger partial charge < -0.3 is 15.2 Å². The van der Waals surface area contributed by atoms with Gasteiger partial charge in [-0.3, -0.25) is 4.79 Å². The van der Waals surface area contributed by atoms with E-state index in [1.165, 1.54) is 18.2 Å². The Bertz CT molecular complexity index is 651. The Balaban J connectivity index is 2.06. The molecule has 5 nitrogen and oxygen atoms in total. The molecule has 9 heteroatoms. The summed E-state index contributed by atoms with van der Waals surface area (Å²) in [5, 5.41) is 11.1. The van der Waals surface area contributed by atoms with E-state index in [-0.39, 0.29) is 29.3 Å². The molecule has 0 radical (unpaired) electrons. The van der Waals surface area contributed by atoms with E-state index in [0.717, 1.165) is 0 Å². The van der Waals surface area contributed by atoms with Crippen LogP contribution in [0.25, 0.3) is 0 Å². The molecule has 1 aliphatic rings. The van der Waals surface area contributed by atoms with Crippen LogP contribution in [0.5, 0.6) is 5.75 Å². The first-order valence-electron chi connectivity index (χ1n) is 7.70. The smallest absolute Gasteiger partial charge is 0.392 e. The number of ether oxygens (including phenoxy) is 1. The Morgan fingerprint density at radius 1 is 1.28 bits per heavy atom. The molecule has 0 saturated heterocycles. The van der Waals surface area contributed by atoms with Crippen molar-refractivity contribution in [3.05, 3.63) is 23.2 Å². The first kappa shape index (κ1) is 19.4. The summed E-state index contributed by atoms with van der Waals surface area (Å²) < 4.78 is 44.2. The summed E-state index contributed by atoms with van der Waals surface area (Å²) in [6.07, 6.45) is -3.24. The number of hydrogen-bond donors (Lipinski definition) is 2. The van der Waals surface area contributed by atoms with E-state index in [9.17, 15) is 22.8 Å². The summed E-state index contributed by atoms with van der Waals surface area (Å²) in [6.45, 7) is -0.583. The molecule has 0 spiro atoms. The molecule has 2 N–H and O–H groups in total. The van der Waals surface area contributed by atoms with Crippen LogP contribution in [-0.4, -0.2) is 29.8 Å². The molecular formula is C16H17ClF3NO4. The van der Waals surface area contributed by atoms with Crippen molar-refractivity contribution in [2.24, 2.45) is 11.8 Å². The molecule has 1 fully saturated rings. The number of hydrogen-bond acceptors (Lipinski definition) is 3. The number of alkyl halides is 3. The van der Waals surface area contributed by atoms with E-state index in [1.54, 1.807) is 0 Å². The zero-order valence-corrected chi connectivity index (χ0v) is 13.9. The van der Waals surface area contributed by atoms with E-state index in [2.05, 4.69) is 5.32 Å². The minimum Gasteiger partial charge on any atom is -0.480 e. The molecule has 25 heavy (non-hydrogen) atoms. The van der Waals surface area contributed by atoms with Gasteiger partial charge in [0.2, 0.25) is 5.91 Å². The standard InChI is InChI=1S/C16H17ClF3NO4/c17-12-7-9(5-6-13(12)25-8-14(22)23)21-15(24)10-3-1-2-4-11(10)16(18,19)20/h5-7,10-11H,1-4,8H2,(H,21,24)(H,22,23). The fourth-order valence-corrected chi connectivity index (χ4v) is 3.14. The van der Waals surface area contributed by atoms with Crippen LogP contribution >= 0.6 is 11.6 Å². The molecule has 0 aromatic heterocycles. The average Bonchev–Trinajstić information content (AvgIpc) is 2.53. The monoisotopic (exact) mass is 379 g/mol. The van der Waals surface area contributed by atoms with Crippen LogP contribution in [0, 0.1) is 11.8 Å². The Labute approximate surface area is 147 Å². The number of carbonyl (C=O) groups excluding carboxylic acids is 1. The van der Waals surface area contributed by atoms with E-state index >= 15 is 0 Å². The lowest BCUT2D eigenvalue weighted by Gasteiger charge is -2.32. The largest absolute Gasteiger partial charge is 0.480 e. The highest BCUT2D eigenvalue weighted by molar-refractivity contribution is 6.32. The van der Waals surface area contributed by atoms with Crippen molar-refractivity contribution in [2.45, 2.75) is 31.9 Å². The highest BCUT2D eigenvalue weighted by Crippen LogP contribution is 2.42. The van der Waals surface area contributed by atoms with Crippen LogP contribution < -0.4 is 10.1 Å². The zero-order valence-electron chi connectivity index (χ0n) is 13.1. The van der Waals surface area contributed by atoms with Crippen molar-refractivity contribution >= 4 is 29.2 Å². The lowest BCUT2D eigenvalue weighted by atomic mass is 9.78. The van der Waals surface area contributed by atoms with Crippen molar-refractivity contribution in [3.63, 3.8) is 0 Å². The maximum absolute atomic E-state index is 13.1. The Kier molecular flexibility index (Phi) is 6.16. The van der Waals surface area contributed by atoms with Gasteiger partial charge in [-0.05, 0) is 31.0 Å². The predicted octanol–water partition coefficient (Wildman–Crippen LogP) is 4.11. The number of carboxylic acids is 1. The molecule has 0 aliphatic heterocycles. The third-order valence-corrected chi connectivity index (χ3v) is 4.37. The summed E-state index contributed by atoms with van der Waals surface area (Å²) in [6, 6.07) is 4.05. The first-order chi connectivity index (χ1) is 11.7. The van der Waals surface area contributed by atoms with E-state index in [4.69, 9.17) is 21.4 Å². The second-order valence-electron chi connectivity index (χ2n) is 5.86. The number of benzene rings is 1. The second-order valence-corrected chi connectivity index (χ2v) is 6.26. The fourth-order valence-electron chi connectivity index (χ4n) is 2.91. The number of nitrogens with one attached hydrogen (secondary N) is 1. The average molecular weight is 380 g/mol. The van der Waals surface area contributed by atoms with Crippen LogP contribution in [0.1, 0.15) is 25.7 Å².